The number of hydrogen-bond donors (Lipinski definition) is 2. The molecule has 0 bridgehead atoms. The van der Waals surface area contributed by atoms with Crippen LogP contribution in [0.4, 0.5) is 0 Å². The van der Waals surface area contributed by atoms with E-state index in [1.54, 1.807) is 18.2 Å². The summed E-state index contributed by atoms with van der Waals surface area (Å²) in [6.07, 6.45) is -0.145. The molecule has 2 N–H and O–H groups in total. The molecule has 5 heteroatoms. The molecule has 0 fully saturated rings. The average molecular weight is 235 g/mol. The number of carboxylic acids is 1. The van der Waals surface area contributed by atoms with Gasteiger partial charge >= 0.3 is 5.97 Å². The number of ketones is 1. The summed E-state index contributed by atoms with van der Waals surface area (Å²) in [4.78, 5) is 33.3. The lowest BCUT2D eigenvalue weighted by Crippen LogP contribution is -2.27. The molecule has 1 aromatic rings. The summed E-state index contributed by atoms with van der Waals surface area (Å²) in [5, 5.41) is 10.9. The van der Waals surface area contributed by atoms with Crippen LogP contribution in [0.25, 0.3) is 0 Å². The number of benzene rings is 1. The Morgan fingerprint density at radius 2 is 1.76 bits per heavy atom. The molecule has 0 aliphatic carbocycles. The van der Waals surface area contributed by atoms with Crippen molar-refractivity contribution in [2.45, 2.75) is 13.3 Å². The van der Waals surface area contributed by atoms with E-state index in [9.17, 15) is 14.4 Å². The number of carbonyl (C=O) groups excluding carboxylic acids is 2. The summed E-state index contributed by atoms with van der Waals surface area (Å²) < 4.78 is 0. The van der Waals surface area contributed by atoms with Crippen molar-refractivity contribution >= 4 is 17.7 Å². The summed E-state index contributed by atoms with van der Waals surface area (Å²) in [6, 6.07) is 6.42. The molecule has 0 aromatic heterocycles. The van der Waals surface area contributed by atoms with Crippen molar-refractivity contribution in [2.24, 2.45) is 0 Å². The van der Waals surface area contributed by atoms with Crippen LogP contribution in [0.5, 0.6) is 0 Å². The average Bonchev–Trinajstić information content (AvgIpc) is 2.28. The zero-order chi connectivity index (χ0) is 12.8. The molecule has 0 saturated carbocycles. The molecule has 5 nitrogen and oxygen atoms in total. The van der Waals surface area contributed by atoms with Crippen molar-refractivity contribution in [3.8, 4) is 0 Å². The summed E-state index contributed by atoms with van der Waals surface area (Å²) in [5.41, 5.74) is 0.603. The van der Waals surface area contributed by atoms with Crippen molar-refractivity contribution < 1.29 is 19.5 Å². The summed E-state index contributed by atoms with van der Waals surface area (Å²) in [7, 11) is 0. The fourth-order valence-corrected chi connectivity index (χ4v) is 1.37. The van der Waals surface area contributed by atoms with E-state index in [-0.39, 0.29) is 24.3 Å². The first-order chi connectivity index (χ1) is 8.02. The molecule has 1 amide bonds. The van der Waals surface area contributed by atoms with Gasteiger partial charge in [0, 0.05) is 12.1 Å². The molecule has 1 rings (SSSR count). The minimum atomic E-state index is -0.981. The normalized spacial score (nSPS) is 9.71. The van der Waals surface area contributed by atoms with E-state index < -0.39 is 11.9 Å². The van der Waals surface area contributed by atoms with Crippen molar-refractivity contribution in [3.05, 3.63) is 35.4 Å². The quantitative estimate of drug-likeness (QED) is 0.748. The first kappa shape index (κ1) is 12.9. The minimum absolute atomic E-state index is 0.0421. The number of Topliss-reactive ketones (excluding diaryl/α,β-unsaturated/α-hetero) is 1. The maximum atomic E-state index is 11.7. The fourth-order valence-electron chi connectivity index (χ4n) is 1.37. The molecule has 1 aromatic carbocycles. The number of amides is 1. The molecule has 0 atom stereocenters. The Kier molecular flexibility index (Phi) is 4.39. The van der Waals surface area contributed by atoms with Crippen LogP contribution < -0.4 is 5.32 Å². The van der Waals surface area contributed by atoms with E-state index in [4.69, 9.17) is 5.11 Å². The van der Waals surface area contributed by atoms with Gasteiger partial charge in [-0.05, 0) is 13.0 Å². The number of carboxylic acid groups (broad SMARTS) is 1. The second kappa shape index (κ2) is 5.79. The van der Waals surface area contributed by atoms with Gasteiger partial charge in [0.15, 0.2) is 5.78 Å². The third kappa shape index (κ3) is 3.71. The van der Waals surface area contributed by atoms with Crippen LogP contribution in [0.15, 0.2) is 24.3 Å². The Bertz CT molecular complexity index is 454. The second-order valence-electron chi connectivity index (χ2n) is 3.50. The van der Waals surface area contributed by atoms with Gasteiger partial charge in [-0.25, -0.2) is 0 Å². The van der Waals surface area contributed by atoms with Crippen molar-refractivity contribution in [1.29, 1.82) is 0 Å². The van der Waals surface area contributed by atoms with Gasteiger partial charge in [-0.15, -0.1) is 0 Å². The van der Waals surface area contributed by atoms with E-state index in [1.807, 2.05) is 0 Å². The Balaban J connectivity index is 2.75. The van der Waals surface area contributed by atoms with Gasteiger partial charge in [0.1, 0.15) is 0 Å². The Labute approximate surface area is 98.4 Å². The highest BCUT2D eigenvalue weighted by Gasteiger charge is 2.13. The zero-order valence-corrected chi connectivity index (χ0v) is 9.40. The number of hydrogen-bond acceptors (Lipinski definition) is 3. The number of aliphatic carboxylic acids is 1. The molecule has 0 radical (unpaired) electrons. The van der Waals surface area contributed by atoms with Gasteiger partial charge in [-0.1, -0.05) is 18.2 Å². The highest BCUT2D eigenvalue weighted by Crippen LogP contribution is 2.09. The van der Waals surface area contributed by atoms with E-state index in [0.717, 1.165) is 0 Å². The van der Waals surface area contributed by atoms with E-state index >= 15 is 0 Å². The standard InChI is InChI=1S/C12H13NO4/c1-8(14)9-4-2-3-5-10(9)12(17)13-7-6-11(15)16/h2-5H,6-7H2,1H3,(H,13,17)(H,15,16). The maximum absolute atomic E-state index is 11.7. The van der Waals surface area contributed by atoms with Crippen LogP contribution in [0.3, 0.4) is 0 Å². The molecule has 17 heavy (non-hydrogen) atoms. The first-order valence-electron chi connectivity index (χ1n) is 5.12. The van der Waals surface area contributed by atoms with Crippen LogP contribution in [0.2, 0.25) is 0 Å². The van der Waals surface area contributed by atoms with E-state index in [1.165, 1.54) is 13.0 Å². The van der Waals surface area contributed by atoms with Gasteiger partial charge in [0.05, 0.1) is 12.0 Å². The van der Waals surface area contributed by atoms with Gasteiger partial charge in [-0.3, -0.25) is 14.4 Å². The maximum Gasteiger partial charge on any atom is 0.305 e. The summed E-state index contributed by atoms with van der Waals surface area (Å²) >= 11 is 0. The van der Waals surface area contributed by atoms with Crippen LogP contribution in [-0.2, 0) is 4.79 Å². The van der Waals surface area contributed by atoms with E-state index in [0.29, 0.717) is 5.56 Å². The predicted octanol–water partition coefficient (Wildman–Crippen LogP) is 1.09. The highest BCUT2D eigenvalue weighted by molar-refractivity contribution is 6.07. The molecule has 0 heterocycles. The second-order valence-corrected chi connectivity index (χ2v) is 3.50. The molecule has 0 aliphatic heterocycles. The largest absolute Gasteiger partial charge is 0.481 e. The smallest absolute Gasteiger partial charge is 0.305 e. The number of rotatable bonds is 5. The molecular weight excluding hydrogens is 222 g/mol. The lowest BCUT2D eigenvalue weighted by Gasteiger charge is -2.07. The third-order valence-electron chi connectivity index (χ3n) is 2.18. The molecule has 0 saturated heterocycles. The Hall–Kier alpha value is -2.17. The van der Waals surface area contributed by atoms with Crippen LogP contribution in [-0.4, -0.2) is 29.3 Å². The van der Waals surface area contributed by atoms with E-state index in [2.05, 4.69) is 5.32 Å². The minimum Gasteiger partial charge on any atom is -0.481 e. The summed E-state index contributed by atoms with van der Waals surface area (Å²) in [5.74, 6) is -1.61. The van der Waals surface area contributed by atoms with Crippen molar-refractivity contribution in [3.63, 3.8) is 0 Å². The SMILES string of the molecule is CC(=O)c1ccccc1C(=O)NCCC(=O)O. The monoisotopic (exact) mass is 235 g/mol. The lowest BCUT2D eigenvalue weighted by molar-refractivity contribution is -0.136. The van der Waals surface area contributed by atoms with Gasteiger partial charge in [0.2, 0.25) is 0 Å². The van der Waals surface area contributed by atoms with Crippen LogP contribution in [0.1, 0.15) is 34.1 Å². The topological polar surface area (TPSA) is 83.5 Å². The number of carbonyl (C=O) groups is 3. The Morgan fingerprint density at radius 3 is 2.29 bits per heavy atom. The fraction of sp³-hybridized carbons (Fsp3) is 0.250. The van der Waals surface area contributed by atoms with Gasteiger partial charge < -0.3 is 10.4 Å². The molecule has 0 aliphatic rings. The van der Waals surface area contributed by atoms with Crippen LogP contribution in [0, 0.1) is 0 Å². The molecule has 90 valence electrons. The van der Waals surface area contributed by atoms with Crippen molar-refractivity contribution in [2.75, 3.05) is 6.54 Å². The molecule has 0 unspecified atom stereocenters. The van der Waals surface area contributed by atoms with Crippen LogP contribution >= 0.6 is 0 Å². The Morgan fingerprint density at radius 1 is 1.18 bits per heavy atom. The third-order valence-corrected chi connectivity index (χ3v) is 2.18. The predicted molar refractivity (Wildman–Crippen MR) is 61.0 cm³/mol. The first-order valence-corrected chi connectivity index (χ1v) is 5.12. The highest BCUT2D eigenvalue weighted by atomic mass is 16.4. The zero-order valence-electron chi connectivity index (χ0n) is 9.40. The molecule has 0 spiro atoms. The summed E-state index contributed by atoms with van der Waals surface area (Å²) in [6.45, 7) is 1.42. The van der Waals surface area contributed by atoms with Gasteiger partial charge in [0.25, 0.3) is 5.91 Å². The number of nitrogens with one attached hydrogen (secondary N) is 1. The molecular formula is C12H13NO4. The van der Waals surface area contributed by atoms with Crippen molar-refractivity contribution in [1.82, 2.24) is 5.32 Å². The van der Waals surface area contributed by atoms with Gasteiger partial charge in [-0.2, -0.15) is 0 Å². The lowest BCUT2D eigenvalue weighted by atomic mass is 10.0.